The number of benzene rings is 1. The third-order valence-electron chi connectivity index (χ3n) is 3.80. The van der Waals surface area contributed by atoms with Crippen LogP contribution >= 0.6 is 11.6 Å². The van der Waals surface area contributed by atoms with Crippen LogP contribution in [0.3, 0.4) is 0 Å². The van der Waals surface area contributed by atoms with Crippen LogP contribution in [0.1, 0.15) is 29.4 Å². The molecule has 2 heterocycles. The first kappa shape index (κ1) is 18.6. The summed E-state index contributed by atoms with van der Waals surface area (Å²) in [6, 6.07) is 10.7. The van der Waals surface area contributed by atoms with E-state index in [2.05, 4.69) is 20.6 Å². The summed E-state index contributed by atoms with van der Waals surface area (Å²) in [6.45, 7) is 2.16. The van der Waals surface area contributed by atoms with Crippen molar-refractivity contribution >= 4 is 29.1 Å². The number of amides is 2. The number of nitrogens with zero attached hydrogens (tertiary/aromatic N) is 3. The molecule has 0 bridgehead atoms. The van der Waals surface area contributed by atoms with Gasteiger partial charge >= 0.3 is 0 Å². The molecule has 0 unspecified atom stereocenters. The Balaban J connectivity index is 1.62. The Morgan fingerprint density at radius 3 is 2.56 bits per heavy atom. The third-order valence-corrected chi connectivity index (χ3v) is 4.05. The molecule has 1 aromatic carbocycles. The van der Waals surface area contributed by atoms with Gasteiger partial charge in [0.05, 0.1) is 11.9 Å². The molecule has 0 saturated carbocycles. The van der Waals surface area contributed by atoms with Gasteiger partial charge in [-0.3, -0.25) is 14.2 Å². The number of pyridine rings is 1. The third kappa shape index (κ3) is 4.92. The zero-order valence-corrected chi connectivity index (χ0v) is 15.4. The van der Waals surface area contributed by atoms with E-state index < -0.39 is 0 Å². The fraction of sp³-hybridized carbons (Fsp3) is 0.158. The van der Waals surface area contributed by atoms with Gasteiger partial charge in [0.2, 0.25) is 5.91 Å². The van der Waals surface area contributed by atoms with Gasteiger partial charge in [0, 0.05) is 24.2 Å². The zero-order chi connectivity index (χ0) is 19.2. The average molecular weight is 384 g/mol. The van der Waals surface area contributed by atoms with Gasteiger partial charge in [-0.2, -0.15) is 0 Å². The van der Waals surface area contributed by atoms with Gasteiger partial charge in [0.15, 0.2) is 0 Å². The molecular formula is C19H18ClN5O2. The van der Waals surface area contributed by atoms with Crippen molar-refractivity contribution in [3.63, 3.8) is 0 Å². The highest BCUT2D eigenvalue weighted by molar-refractivity contribution is 6.30. The molecule has 2 aromatic heterocycles. The number of aromatic nitrogens is 3. The van der Waals surface area contributed by atoms with Gasteiger partial charge in [-0.15, -0.1) is 0 Å². The van der Waals surface area contributed by atoms with Gasteiger partial charge in [-0.1, -0.05) is 30.7 Å². The number of carbonyl (C=O) groups is 2. The number of imidazole rings is 1. The maximum atomic E-state index is 12.3. The van der Waals surface area contributed by atoms with E-state index >= 15 is 0 Å². The largest absolute Gasteiger partial charge is 0.347 e. The first-order chi connectivity index (χ1) is 13.0. The number of hydrogen-bond donors (Lipinski definition) is 2. The Labute approximate surface area is 161 Å². The van der Waals surface area contributed by atoms with Gasteiger partial charge in [-0.05, 0) is 29.8 Å². The van der Waals surface area contributed by atoms with E-state index in [0.717, 1.165) is 5.56 Å². The van der Waals surface area contributed by atoms with Crippen molar-refractivity contribution in [2.24, 2.45) is 0 Å². The Morgan fingerprint density at radius 2 is 1.89 bits per heavy atom. The second-order valence-corrected chi connectivity index (χ2v) is 6.22. The van der Waals surface area contributed by atoms with Gasteiger partial charge < -0.3 is 10.6 Å². The van der Waals surface area contributed by atoms with Crippen LogP contribution in [-0.2, 0) is 11.3 Å². The quantitative estimate of drug-likeness (QED) is 0.684. The van der Waals surface area contributed by atoms with Crippen LogP contribution in [0.4, 0.5) is 5.69 Å². The average Bonchev–Trinajstić information content (AvgIpc) is 3.18. The molecule has 0 radical (unpaired) electrons. The minimum Gasteiger partial charge on any atom is -0.347 e. The SMILES string of the molecule is CCC(=O)Nc1ccc(-n2cnc(C(=O)NCc3ccc(Cl)cc3)c2)nc1. The number of nitrogens with one attached hydrogen (secondary N) is 2. The van der Waals surface area contributed by atoms with E-state index in [1.807, 2.05) is 12.1 Å². The standard InChI is InChI=1S/C19H18ClN5O2/c1-2-18(26)24-15-7-8-17(21-10-15)25-11-16(23-12-25)19(27)22-9-13-3-5-14(20)6-4-13/h3-8,10-12H,2,9H2,1H3,(H,22,27)(H,24,26). The molecule has 3 aromatic rings. The van der Waals surface area contributed by atoms with Crippen molar-refractivity contribution in [3.05, 3.63) is 71.4 Å². The molecule has 2 N–H and O–H groups in total. The van der Waals surface area contributed by atoms with E-state index in [0.29, 0.717) is 29.5 Å². The highest BCUT2D eigenvalue weighted by Gasteiger charge is 2.10. The highest BCUT2D eigenvalue weighted by Crippen LogP contribution is 2.12. The van der Waals surface area contributed by atoms with E-state index in [4.69, 9.17) is 11.6 Å². The molecule has 0 aliphatic rings. The molecule has 7 nitrogen and oxygen atoms in total. The molecular weight excluding hydrogens is 366 g/mol. The molecule has 8 heteroatoms. The van der Waals surface area contributed by atoms with Crippen LogP contribution < -0.4 is 10.6 Å². The van der Waals surface area contributed by atoms with Gasteiger partial charge in [0.1, 0.15) is 17.8 Å². The van der Waals surface area contributed by atoms with Gasteiger partial charge in [0.25, 0.3) is 5.91 Å². The van der Waals surface area contributed by atoms with Crippen molar-refractivity contribution < 1.29 is 9.59 Å². The number of rotatable bonds is 6. The normalized spacial score (nSPS) is 10.4. The van der Waals surface area contributed by atoms with Crippen molar-refractivity contribution in [1.29, 1.82) is 0 Å². The molecule has 0 spiro atoms. The van der Waals surface area contributed by atoms with Crippen molar-refractivity contribution in [2.45, 2.75) is 19.9 Å². The Kier molecular flexibility index (Phi) is 5.83. The minimum atomic E-state index is -0.282. The fourth-order valence-corrected chi connectivity index (χ4v) is 2.43. The van der Waals surface area contributed by atoms with Crippen LogP contribution in [0.25, 0.3) is 5.82 Å². The lowest BCUT2D eigenvalue weighted by molar-refractivity contribution is -0.115. The lowest BCUT2D eigenvalue weighted by Gasteiger charge is -2.05. The summed E-state index contributed by atoms with van der Waals surface area (Å²) in [6.07, 6.45) is 5.08. The van der Waals surface area contributed by atoms with Crippen LogP contribution in [-0.4, -0.2) is 26.3 Å². The zero-order valence-electron chi connectivity index (χ0n) is 14.6. The summed E-state index contributed by atoms with van der Waals surface area (Å²) in [5.74, 6) is 0.233. The first-order valence-electron chi connectivity index (χ1n) is 8.38. The molecule has 27 heavy (non-hydrogen) atoms. The Bertz CT molecular complexity index is 935. The number of halogens is 1. The van der Waals surface area contributed by atoms with Crippen molar-refractivity contribution in [2.75, 3.05) is 5.32 Å². The van der Waals surface area contributed by atoms with Crippen molar-refractivity contribution in [3.8, 4) is 5.82 Å². The maximum Gasteiger partial charge on any atom is 0.271 e. The molecule has 3 rings (SSSR count). The molecule has 0 aliphatic carbocycles. The number of hydrogen-bond acceptors (Lipinski definition) is 4. The van der Waals surface area contributed by atoms with E-state index in [9.17, 15) is 9.59 Å². The topological polar surface area (TPSA) is 88.9 Å². The second kappa shape index (κ2) is 8.46. The Morgan fingerprint density at radius 1 is 1.11 bits per heavy atom. The predicted octanol–water partition coefficient (Wildman–Crippen LogP) is 3.20. The summed E-state index contributed by atoms with van der Waals surface area (Å²) >= 11 is 5.85. The lowest BCUT2D eigenvalue weighted by Crippen LogP contribution is -2.23. The summed E-state index contributed by atoms with van der Waals surface area (Å²) < 4.78 is 1.64. The molecule has 138 valence electrons. The molecule has 2 amide bonds. The smallest absolute Gasteiger partial charge is 0.271 e. The molecule has 0 saturated heterocycles. The van der Waals surface area contributed by atoms with Crippen LogP contribution in [0.15, 0.2) is 55.1 Å². The van der Waals surface area contributed by atoms with Crippen molar-refractivity contribution in [1.82, 2.24) is 19.9 Å². The summed E-state index contributed by atoms with van der Waals surface area (Å²) in [5.41, 5.74) is 1.85. The minimum absolute atomic E-state index is 0.0770. The molecule has 0 fully saturated rings. The fourth-order valence-electron chi connectivity index (χ4n) is 2.30. The van der Waals surface area contributed by atoms with Crippen LogP contribution in [0.2, 0.25) is 5.02 Å². The highest BCUT2D eigenvalue weighted by atomic mass is 35.5. The lowest BCUT2D eigenvalue weighted by atomic mass is 10.2. The summed E-state index contributed by atoms with van der Waals surface area (Å²) in [4.78, 5) is 32.0. The Hall–Kier alpha value is -3.19. The summed E-state index contributed by atoms with van der Waals surface area (Å²) in [7, 11) is 0. The molecule has 0 aliphatic heterocycles. The van der Waals surface area contributed by atoms with E-state index in [1.165, 1.54) is 6.33 Å². The van der Waals surface area contributed by atoms with Crippen LogP contribution in [0, 0.1) is 0 Å². The second-order valence-electron chi connectivity index (χ2n) is 5.78. The van der Waals surface area contributed by atoms with Gasteiger partial charge in [-0.25, -0.2) is 9.97 Å². The van der Waals surface area contributed by atoms with E-state index in [1.54, 1.807) is 48.1 Å². The number of carbonyl (C=O) groups excluding carboxylic acids is 2. The first-order valence-corrected chi connectivity index (χ1v) is 8.76. The van der Waals surface area contributed by atoms with Crippen LogP contribution in [0.5, 0.6) is 0 Å². The maximum absolute atomic E-state index is 12.3. The number of anilines is 1. The monoisotopic (exact) mass is 383 g/mol. The summed E-state index contributed by atoms with van der Waals surface area (Å²) in [5, 5.41) is 6.19. The molecule has 0 atom stereocenters. The van der Waals surface area contributed by atoms with E-state index in [-0.39, 0.29) is 17.5 Å². The predicted molar refractivity (Wildman–Crippen MR) is 103 cm³/mol.